The average molecular weight is 837 g/mol. The zero-order valence-corrected chi connectivity index (χ0v) is 38.7. The summed E-state index contributed by atoms with van der Waals surface area (Å²) in [5.74, 6) is -0.915. The van der Waals surface area contributed by atoms with E-state index in [2.05, 4.69) is 74.6 Å². The van der Waals surface area contributed by atoms with Crippen molar-refractivity contribution in [2.75, 3.05) is 47.5 Å². The monoisotopic (exact) mass is 837 g/mol. The van der Waals surface area contributed by atoms with Crippen LogP contribution in [0.5, 0.6) is 0 Å². The van der Waals surface area contributed by atoms with Gasteiger partial charge in [0.05, 0.1) is 27.7 Å². The first-order chi connectivity index (χ1) is 28.0. The predicted molar refractivity (Wildman–Crippen MR) is 243 cm³/mol. The molecule has 336 valence electrons. The molecule has 0 saturated heterocycles. The summed E-state index contributed by atoms with van der Waals surface area (Å²) in [4.78, 5) is 35.3. The van der Waals surface area contributed by atoms with E-state index >= 15 is 0 Å². The van der Waals surface area contributed by atoms with Crippen LogP contribution in [0.15, 0.2) is 60.8 Å². The molecule has 0 aliphatic carbocycles. The van der Waals surface area contributed by atoms with Gasteiger partial charge in [0.1, 0.15) is 19.8 Å². The van der Waals surface area contributed by atoms with Crippen LogP contribution in [0, 0.1) is 0 Å². The van der Waals surface area contributed by atoms with Crippen molar-refractivity contribution >= 4 is 19.8 Å². The number of ether oxygens (including phenoxy) is 2. The number of quaternary nitrogens is 1. The highest BCUT2D eigenvalue weighted by Gasteiger charge is 2.27. The summed E-state index contributed by atoms with van der Waals surface area (Å²) in [6.07, 6.45) is 48.6. The van der Waals surface area contributed by atoms with Gasteiger partial charge in [0.25, 0.3) is 0 Å². The third-order valence-corrected chi connectivity index (χ3v) is 10.5. The molecule has 0 amide bonds. The van der Waals surface area contributed by atoms with Crippen LogP contribution in [0.25, 0.3) is 0 Å². The molecular formula is C48H87NO8P+. The molecule has 0 heterocycles. The molecule has 0 fully saturated rings. The van der Waals surface area contributed by atoms with E-state index in [4.69, 9.17) is 18.5 Å². The molecule has 0 aromatic rings. The second-order valence-electron chi connectivity index (χ2n) is 16.4. The van der Waals surface area contributed by atoms with E-state index < -0.39 is 32.5 Å². The molecule has 0 aromatic carbocycles. The Labute approximate surface area is 356 Å². The van der Waals surface area contributed by atoms with Gasteiger partial charge in [0.2, 0.25) is 0 Å². The summed E-state index contributed by atoms with van der Waals surface area (Å²) in [5, 5.41) is 0. The smallest absolute Gasteiger partial charge is 0.462 e. The van der Waals surface area contributed by atoms with Gasteiger partial charge >= 0.3 is 19.8 Å². The minimum Gasteiger partial charge on any atom is -0.462 e. The number of allylic oxidation sites excluding steroid dienone is 10. The molecular weight excluding hydrogens is 750 g/mol. The van der Waals surface area contributed by atoms with Crippen molar-refractivity contribution in [1.82, 2.24) is 0 Å². The molecule has 0 aromatic heterocycles. The maximum atomic E-state index is 12.7. The van der Waals surface area contributed by atoms with Gasteiger partial charge in [-0.1, -0.05) is 158 Å². The lowest BCUT2D eigenvalue weighted by Gasteiger charge is -2.24. The van der Waals surface area contributed by atoms with Gasteiger partial charge in [-0.05, 0) is 70.6 Å². The summed E-state index contributed by atoms with van der Waals surface area (Å²) < 4.78 is 34.2. The molecule has 0 radical (unpaired) electrons. The fraction of sp³-hybridized carbons (Fsp3) is 0.750. The molecule has 58 heavy (non-hydrogen) atoms. The number of phosphoric acid groups is 1. The zero-order chi connectivity index (χ0) is 42.8. The first kappa shape index (κ1) is 55.7. The van der Waals surface area contributed by atoms with E-state index in [1.54, 1.807) is 0 Å². The number of hydrogen-bond donors (Lipinski definition) is 1. The Morgan fingerprint density at radius 3 is 1.38 bits per heavy atom. The van der Waals surface area contributed by atoms with Crippen LogP contribution in [0.3, 0.4) is 0 Å². The Kier molecular flexibility index (Phi) is 38.5. The number of rotatable bonds is 41. The Hall–Kier alpha value is -2.29. The van der Waals surface area contributed by atoms with Gasteiger partial charge in [-0.15, -0.1) is 0 Å². The maximum absolute atomic E-state index is 12.7. The van der Waals surface area contributed by atoms with Crippen LogP contribution in [-0.2, 0) is 32.7 Å². The van der Waals surface area contributed by atoms with Crippen molar-refractivity contribution in [1.29, 1.82) is 0 Å². The molecule has 10 heteroatoms. The van der Waals surface area contributed by atoms with Crippen LogP contribution < -0.4 is 0 Å². The van der Waals surface area contributed by atoms with Gasteiger partial charge in [-0.25, -0.2) is 4.57 Å². The van der Waals surface area contributed by atoms with Gasteiger partial charge in [0.15, 0.2) is 6.10 Å². The standard InChI is InChI=1S/C48H86NO8P/c1-6-8-10-12-14-16-18-20-22-24-26-28-30-32-34-36-38-40-47(50)54-44-46(45-56-58(52,53)55-43-42-49(3,4)5)57-48(51)41-39-37-35-33-31-29-27-25-23-21-19-17-15-13-11-9-7-2/h21,23,26-29,32-35,46H,6-20,22,24-25,30-31,36-45H2,1-5H3/p+1/b23-21+,28-26+,29-27+,34-32+,35-33+/t46-/m1/s1. The molecule has 1 N–H and O–H groups in total. The predicted octanol–water partition coefficient (Wildman–Crippen LogP) is 13.2. The van der Waals surface area contributed by atoms with Crippen LogP contribution in [-0.4, -0.2) is 74.9 Å². The largest absolute Gasteiger partial charge is 0.472 e. The molecule has 0 saturated carbocycles. The van der Waals surface area contributed by atoms with Crippen molar-refractivity contribution in [3.63, 3.8) is 0 Å². The minimum absolute atomic E-state index is 0.0144. The van der Waals surface area contributed by atoms with Crippen LogP contribution in [0.4, 0.5) is 0 Å². The third-order valence-electron chi connectivity index (χ3n) is 9.52. The normalized spacial score (nSPS) is 14.1. The van der Waals surface area contributed by atoms with Crippen LogP contribution in [0.2, 0.25) is 0 Å². The topological polar surface area (TPSA) is 108 Å². The molecule has 0 aliphatic rings. The summed E-state index contributed by atoms with van der Waals surface area (Å²) >= 11 is 0. The molecule has 2 atom stereocenters. The van der Waals surface area contributed by atoms with Gasteiger partial charge in [-0.3, -0.25) is 18.6 Å². The van der Waals surface area contributed by atoms with E-state index in [-0.39, 0.29) is 26.1 Å². The minimum atomic E-state index is -4.40. The van der Waals surface area contributed by atoms with Crippen molar-refractivity contribution < 1.29 is 42.1 Å². The Balaban J connectivity index is 4.49. The maximum Gasteiger partial charge on any atom is 0.472 e. The second-order valence-corrected chi connectivity index (χ2v) is 17.9. The van der Waals surface area contributed by atoms with E-state index in [9.17, 15) is 19.0 Å². The van der Waals surface area contributed by atoms with Crippen molar-refractivity contribution in [3.05, 3.63) is 60.8 Å². The van der Waals surface area contributed by atoms with Crippen molar-refractivity contribution in [2.45, 2.75) is 187 Å². The lowest BCUT2D eigenvalue weighted by Crippen LogP contribution is -2.37. The quantitative estimate of drug-likeness (QED) is 0.0213. The molecule has 0 bridgehead atoms. The Morgan fingerprint density at radius 2 is 0.931 bits per heavy atom. The van der Waals surface area contributed by atoms with Gasteiger partial charge in [0, 0.05) is 12.8 Å². The number of likely N-dealkylation sites (N-methyl/N-ethyl adjacent to an activating group) is 1. The number of carbonyl (C=O) groups excluding carboxylic acids is 2. The number of unbranched alkanes of at least 4 members (excludes halogenated alkanes) is 17. The first-order valence-electron chi connectivity index (χ1n) is 23.0. The summed E-state index contributed by atoms with van der Waals surface area (Å²) in [7, 11) is 1.42. The lowest BCUT2D eigenvalue weighted by molar-refractivity contribution is -0.870. The Morgan fingerprint density at radius 1 is 0.534 bits per heavy atom. The number of phosphoric ester groups is 1. The second kappa shape index (κ2) is 40.1. The average Bonchev–Trinajstić information content (AvgIpc) is 3.17. The molecule has 9 nitrogen and oxygen atoms in total. The third kappa shape index (κ3) is 43.3. The number of nitrogens with zero attached hydrogens (tertiary/aromatic N) is 1. The molecule has 1 unspecified atom stereocenters. The van der Waals surface area contributed by atoms with Gasteiger partial charge < -0.3 is 18.9 Å². The molecule has 0 aliphatic heterocycles. The van der Waals surface area contributed by atoms with E-state index in [0.29, 0.717) is 30.3 Å². The van der Waals surface area contributed by atoms with E-state index in [1.165, 1.54) is 96.3 Å². The highest BCUT2D eigenvalue weighted by molar-refractivity contribution is 7.47. The summed E-state index contributed by atoms with van der Waals surface area (Å²) in [5.41, 5.74) is 0. The molecule has 0 rings (SSSR count). The van der Waals surface area contributed by atoms with Crippen LogP contribution >= 0.6 is 7.82 Å². The number of esters is 2. The van der Waals surface area contributed by atoms with E-state index in [0.717, 1.165) is 38.5 Å². The Bertz CT molecular complexity index is 1170. The van der Waals surface area contributed by atoms with Gasteiger partial charge in [-0.2, -0.15) is 0 Å². The highest BCUT2D eigenvalue weighted by atomic mass is 31.2. The SMILES string of the molecule is CCCCCCCC/C=C/C/C=C/C/C=C/CCCC(=O)O[C@H](COC(=O)CCC/C=C/C/C=C/CCCCCCCCCCC)COP(=O)(O)OCC[N+](C)(C)C. The van der Waals surface area contributed by atoms with Crippen LogP contribution in [0.1, 0.15) is 181 Å². The number of hydrogen-bond acceptors (Lipinski definition) is 7. The van der Waals surface area contributed by atoms with E-state index in [1.807, 2.05) is 21.1 Å². The first-order valence-corrected chi connectivity index (χ1v) is 24.5. The highest BCUT2D eigenvalue weighted by Crippen LogP contribution is 2.43. The fourth-order valence-electron chi connectivity index (χ4n) is 5.89. The molecule has 0 spiro atoms. The number of carbonyl (C=O) groups is 2. The van der Waals surface area contributed by atoms with Crippen molar-refractivity contribution in [2.24, 2.45) is 0 Å². The summed E-state index contributed by atoms with van der Waals surface area (Å²) in [6, 6.07) is 0. The summed E-state index contributed by atoms with van der Waals surface area (Å²) in [6.45, 7) is 4.30. The fourth-order valence-corrected chi connectivity index (χ4v) is 6.63. The van der Waals surface area contributed by atoms with Crippen molar-refractivity contribution in [3.8, 4) is 0 Å². The lowest BCUT2D eigenvalue weighted by atomic mass is 10.1. The zero-order valence-electron chi connectivity index (χ0n) is 37.8.